The van der Waals surface area contributed by atoms with Crippen molar-refractivity contribution in [2.24, 2.45) is 0 Å². The highest BCUT2D eigenvalue weighted by atomic mass is 16.2. The van der Waals surface area contributed by atoms with Crippen LogP contribution >= 0.6 is 0 Å². The Balaban J connectivity index is 2.04. The van der Waals surface area contributed by atoms with Crippen LogP contribution in [-0.2, 0) is 11.2 Å². The highest BCUT2D eigenvalue weighted by Crippen LogP contribution is 2.30. The van der Waals surface area contributed by atoms with Crippen molar-refractivity contribution >= 4 is 17.5 Å². The fourth-order valence-electron chi connectivity index (χ4n) is 2.31. The largest absolute Gasteiger partial charge is 0.369 e. The normalized spacial score (nSPS) is 14.7. The molecule has 0 unspecified atom stereocenters. The van der Waals surface area contributed by atoms with Crippen LogP contribution in [0.3, 0.4) is 0 Å². The molecule has 1 aliphatic heterocycles. The van der Waals surface area contributed by atoms with E-state index in [0.717, 1.165) is 23.4 Å². The average Bonchev–Trinajstić information content (AvgIpc) is 2.80. The zero-order valence-corrected chi connectivity index (χ0v) is 10.1. The molecule has 1 amide bonds. The number of H-pyrrole nitrogens is 1. The van der Waals surface area contributed by atoms with E-state index in [1.807, 2.05) is 19.2 Å². The van der Waals surface area contributed by atoms with Gasteiger partial charge in [0, 0.05) is 24.7 Å². The van der Waals surface area contributed by atoms with Crippen molar-refractivity contribution in [1.82, 2.24) is 9.97 Å². The van der Waals surface area contributed by atoms with Crippen LogP contribution in [0.4, 0.5) is 11.6 Å². The van der Waals surface area contributed by atoms with E-state index >= 15 is 0 Å². The minimum Gasteiger partial charge on any atom is -0.369 e. The summed E-state index contributed by atoms with van der Waals surface area (Å²) in [7, 11) is 1.81. The maximum absolute atomic E-state index is 11.6. The third-order valence-electron chi connectivity index (χ3n) is 3.33. The highest BCUT2D eigenvalue weighted by molar-refractivity contribution is 5.96. The van der Waals surface area contributed by atoms with Gasteiger partial charge in [0.05, 0.1) is 11.9 Å². The van der Waals surface area contributed by atoms with Crippen LogP contribution in [0.5, 0.6) is 0 Å². The Morgan fingerprint density at radius 2 is 2.22 bits per heavy atom. The minimum absolute atomic E-state index is 0.168. The number of nitrogens with two attached hydrogens (primary N) is 1. The Hall–Kier alpha value is -2.30. The van der Waals surface area contributed by atoms with E-state index in [4.69, 9.17) is 5.73 Å². The van der Waals surface area contributed by atoms with Gasteiger partial charge in [-0.05, 0) is 24.1 Å². The molecule has 0 aliphatic carbocycles. The molecule has 1 aromatic carbocycles. The molecule has 0 spiro atoms. The molecule has 0 fully saturated rings. The second kappa shape index (κ2) is 3.87. The maximum Gasteiger partial charge on any atom is 0.227 e. The van der Waals surface area contributed by atoms with Crippen LogP contribution in [0.15, 0.2) is 24.4 Å². The predicted octanol–water partition coefficient (Wildman–Crippen LogP) is 1.57. The Labute approximate surface area is 105 Å². The summed E-state index contributed by atoms with van der Waals surface area (Å²) in [5.74, 6) is 0.580. The number of carbonyl (C=O) groups is 1. The Morgan fingerprint density at radius 3 is 2.94 bits per heavy atom. The summed E-state index contributed by atoms with van der Waals surface area (Å²) < 4.78 is 0. The lowest BCUT2D eigenvalue weighted by Gasteiger charge is -2.26. The predicted molar refractivity (Wildman–Crippen MR) is 70.2 cm³/mol. The standard InChI is InChI=1S/C13H14N4O/c1-17-11-4-2-8(10-7-15-13(14)16-10)6-9(11)3-5-12(17)18/h2,4,6-7H,3,5H2,1H3,(H3,14,15,16). The molecule has 0 bridgehead atoms. The number of nitrogens with one attached hydrogen (secondary N) is 1. The quantitative estimate of drug-likeness (QED) is 0.797. The van der Waals surface area contributed by atoms with Crippen molar-refractivity contribution in [3.05, 3.63) is 30.0 Å². The van der Waals surface area contributed by atoms with E-state index in [9.17, 15) is 4.79 Å². The first-order chi connectivity index (χ1) is 8.65. The van der Waals surface area contributed by atoms with Crippen molar-refractivity contribution in [3.8, 4) is 11.3 Å². The van der Waals surface area contributed by atoms with Crippen LogP contribution in [0.25, 0.3) is 11.3 Å². The molecule has 1 aliphatic rings. The number of carbonyl (C=O) groups excluding carboxylic acids is 1. The summed E-state index contributed by atoms with van der Waals surface area (Å²) in [6.07, 6.45) is 3.07. The number of hydrogen-bond acceptors (Lipinski definition) is 3. The summed E-state index contributed by atoms with van der Waals surface area (Å²) in [5, 5.41) is 0. The molecule has 3 N–H and O–H groups in total. The van der Waals surface area contributed by atoms with E-state index in [2.05, 4.69) is 16.0 Å². The molecular formula is C13H14N4O. The zero-order chi connectivity index (χ0) is 12.7. The van der Waals surface area contributed by atoms with Gasteiger partial charge in [-0.1, -0.05) is 6.07 Å². The van der Waals surface area contributed by atoms with Crippen LogP contribution in [0.1, 0.15) is 12.0 Å². The smallest absolute Gasteiger partial charge is 0.227 e. The van der Waals surface area contributed by atoms with Crippen LogP contribution in [-0.4, -0.2) is 22.9 Å². The first-order valence-corrected chi connectivity index (χ1v) is 5.85. The molecule has 92 valence electrons. The van der Waals surface area contributed by atoms with Crippen LogP contribution < -0.4 is 10.6 Å². The van der Waals surface area contributed by atoms with Gasteiger partial charge in [-0.2, -0.15) is 0 Å². The Morgan fingerprint density at radius 1 is 1.39 bits per heavy atom. The lowest BCUT2D eigenvalue weighted by molar-refractivity contribution is -0.118. The van der Waals surface area contributed by atoms with Crippen molar-refractivity contribution < 1.29 is 4.79 Å². The number of hydrogen-bond donors (Lipinski definition) is 2. The van der Waals surface area contributed by atoms with E-state index < -0.39 is 0 Å². The van der Waals surface area contributed by atoms with Crippen molar-refractivity contribution in [1.29, 1.82) is 0 Å². The number of aromatic nitrogens is 2. The third-order valence-corrected chi connectivity index (χ3v) is 3.33. The number of fused-ring (bicyclic) bond motifs is 1. The molecule has 0 atom stereocenters. The summed E-state index contributed by atoms with van der Waals surface area (Å²) in [5.41, 5.74) is 9.69. The number of amides is 1. The first-order valence-electron chi connectivity index (χ1n) is 5.85. The number of anilines is 2. The number of nitrogen functional groups attached to an aromatic ring is 1. The molecule has 2 aromatic rings. The number of nitrogens with zero attached hydrogens (tertiary/aromatic N) is 2. The van der Waals surface area contributed by atoms with E-state index in [-0.39, 0.29) is 5.91 Å². The highest BCUT2D eigenvalue weighted by Gasteiger charge is 2.21. The lowest BCUT2D eigenvalue weighted by atomic mass is 9.98. The van der Waals surface area contributed by atoms with Gasteiger partial charge in [-0.15, -0.1) is 0 Å². The number of imidazole rings is 1. The van der Waals surface area contributed by atoms with Gasteiger partial charge in [0.1, 0.15) is 0 Å². The number of rotatable bonds is 1. The molecule has 5 heteroatoms. The van der Waals surface area contributed by atoms with Gasteiger partial charge in [0.15, 0.2) is 5.95 Å². The van der Waals surface area contributed by atoms with E-state index in [1.165, 1.54) is 5.56 Å². The van der Waals surface area contributed by atoms with Gasteiger partial charge in [0.25, 0.3) is 0 Å². The SMILES string of the molecule is CN1C(=O)CCc2cc(-c3cnc(N)[nH]3)ccc21. The van der Waals surface area contributed by atoms with E-state index in [1.54, 1.807) is 11.1 Å². The fourth-order valence-corrected chi connectivity index (χ4v) is 2.31. The Kier molecular flexibility index (Phi) is 2.33. The van der Waals surface area contributed by atoms with Crippen LogP contribution in [0.2, 0.25) is 0 Å². The number of benzene rings is 1. The van der Waals surface area contributed by atoms with Gasteiger partial charge in [0.2, 0.25) is 5.91 Å². The minimum atomic E-state index is 0.168. The molecule has 0 saturated carbocycles. The molecule has 5 nitrogen and oxygen atoms in total. The topological polar surface area (TPSA) is 75.0 Å². The molecule has 1 aromatic heterocycles. The van der Waals surface area contributed by atoms with Gasteiger partial charge in [-0.3, -0.25) is 4.79 Å². The molecule has 18 heavy (non-hydrogen) atoms. The molecule has 0 saturated heterocycles. The monoisotopic (exact) mass is 242 g/mol. The van der Waals surface area contributed by atoms with Crippen molar-refractivity contribution in [2.75, 3.05) is 17.7 Å². The first kappa shape index (κ1) is 10.8. The summed E-state index contributed by atoms with van der Waals surface area (Å²) in [4.78, 5) is 20.3. The summed E-state index contributed by atoms with van der Waals surface area (Å²) in [6, 6.07) is 6.03. The second-order valence-corrected chi connectivity index (χ2v) is 4.48. The maximum atomic E-state index is 11.6. The van der Waals surface area contributed by atoms with E-state index in [0.29, 0.717) is 12.4 Å². The van der Waals surface area contributed by atoms with Gasteiger partial charge < -0.3 is 15.6 Å². The van der Waals surface area contributed by atoms with Gasteiger partial charge >= 0.3 is 0 Å². The Bertz CT molecular complexity index is 617. The lowest BCUT2D eigenvalue weighted by Crippen LogP contribution is -2.30. The van der Waals surface area contributed by atoms with Crippen LogP contribution in [0, 0.1) is 0 Å². The molecular weight excluding hydrogens is 228 g/mol. The molecule has 3 rings (SSSR count). The zero-order valence-electron chi connectivity index (χ0n) is 10.1. The van der Waals surface area contributed by atoms with Crippen molar-refractivity contribution in [2.45, 2.75) is 12.8 Å². The number of aryl methyl sites for hydroxylation is 1. The summed E-state index contributed by atoms with van der Waals surface area (Å²) >= 11 is 0. The second-order valence-electron chi connectivity index (χ2n) is 4.48. The van der Waals surface area contributed by atoms with Crippen molar-refractivity contribution in [3.63, 3.8) is 0 Å². The number of aromatic amines is 1. The average molecular weight is 242 g/mol. The van der Waals surface area contributed by atoms with Gasteiger partial charge in [-0.25, -0.2) is 4.98 Å². The fraction of sp³-hybridized carbons (Fsp3) is 0.231. The molecule has 2 heterocycles. The molecule has 0 radical (unpaired) electrons. The summed E-state index contributed by atoms with van der Waals surface area (Å²) in [6.45, 7) is 0. The third kappa shape index (κ3) is 1.64.